The summed E-state index contributed by atoms with van der Waals surface area (Å²) >= 11 is 0. The highest BCUT2D eigenvalue weighted by molar-refractivity contribution is 6.03. The Morgan fingerprint density at radius 2 is 1.78 bits per heavy atom. The van der Waals surface area contributed by atoms with E-state index in [-0.39, 0.29) is 18.3 Å². The summed E-state index contributed by atoms with van der Waals surface area (Å²) in [5, 5.41) is 0. The maximum atomic E-state index is 14.1. The van der Waals surface area contributed by atoms with Crippen LogP contribution < -0.4 is 4.74 Å². The quantitative estimate of drug-likeness (QED) is 0.461. The Bertz CT molecular complexity index is 1350. The number of rotatable bonds is 8. The normalized spacial score (nSPS) is 27.7. The molecule has 2 aromatic carbocycles. The summed E-state index contributed by atoms with van der Waals surface area (Å²) in [6.07, 6.45) is 13.9. The Labute approximate surface area is 216 Å². The van der Waals surface area contributed by atoms with E-state index in [2.05, 4.69) is 42.5 Å². The summed E-state index contributed by atoms with van der Waals surface area (Å²) in [5.74, 6) is 1.77. The summed E-state index contributed by atoms with van der Waals surface area (Å²) < 4.78 is 22.4. The molecular formula is C31H29NO5. The Kier molecular flexibility index (Phi) is 5.52. The molecule has 2 aliphatic carbocycles. The number of carbonyl (C=O) groups excluding carboxylic acids is 1. The standard InChI is InChI=1S/C31H29NO5/c33-30-27-8-4-5-9-28(27)31(32(30)23-6-2-1-3-7-23,22-12-16-25(17-13-22)37-29-20-36-29)21-10-14-24(15-11-21)34-18-26-19-35-26/h1-2,4-6,8-12,14-16,26,29H,3,7,13,17-20H2. The van der Waals surface area contributed by atoms with Crippen LogP contribution in [0, 0.1) is 0 Å². The molecule has 0 spiro atoms. The third kappa shape index (κ3) is 4.01. The highest BCUT2D eigenvalue weighted by atomic mass is 16.8. The second kappa shape index (κ2) is 9.05. The average molecular weight is 496 g/mol. The first-order chi connectivity index (χ1) is 18.2. The first kappa shape index (κ1) is 22.6. The Hall–Kier alpha value is -3.61. The van der Waals surface area contributed by atoms with Crippen molar-refractivity contribution >= 4 is 5.91 Å². The van der Waals surface area contributed by atoms with Crippen LogP contribution in [0.2, 0.25) is 0 Å². The van der Waals surface area contributed by atoms with E-state index in [1.54, 1.807) is 0 Å². The molecule has 0 N–H and O–H groups in total. The van der Waals surface area contributed by atoms with Crippen molar-refractivity contribution < 1.29 is 23.7 Å². The van der Waals surface area contributed by atoms with Gasteiger partial charge in [-0.25, -0.2) is 0 Å². The van der Waals surface area contributed by atoms with Crippen LogP contribution in [0.1, 0.15) is 47.2 Å². The average Bonchev–Trinajstić information content (AvgIpc) is 3.89. The zero-order valence-electron chi connectivity index (χ0n) is 20.6. The maximum absolute atomic E-state index is 14.1. The van der Waals surface area contributed by atoms with Gasteiger partial charge in [-0.2, -0.15) is 0 Å². The monoisotopic (exact) mass is 495 g/mol. The highest BCUT2D eigenvalue weighted by Gasteiger charge is 2.54. The van der Waals surface area contributed by atoms with Crippen molar-refractivity contribution in [2.45, 2.75) is 43.6 Å². The number of amides is 1. The third-order valence-corrected chi connectivity index (χ3v) is 7.64. The first-order valence-electron chi connectivity index (χ1n) is 13.1. The van der Waals surface area contributed by atoms with Crippen LogP contribution in [0.15, 0.2) is 95.9 Å². The number of nitrogens with zero attached hydrogens (tertiary/aromatic N) is 1. The fourth-order valence-corrected chi connectivity index (χ4v) is 5.73. The number of allylic oxidation sites excluding steroid dienone is 7. The lowest BCUT2D eigenvalue weighted by atomic mass is 9.73. The molecule has 5 aliphatic rings. The van der Waals surface area contributed by atoms with Crippen molar-refractivity contribution in [1.29, 1.82) is 0 Å². The van der Waals surface area contributed by atoms with Crippen molar-refractivity contribution in [2.75, 3.05) is 19.8 Å². The minimum Gasteiger partial charge on any atom is -0.491 e. The smallest absolute Gasteiger partial charge is 0.259 e. The van der Waals surface area contributed by atoms with E-state index in [1.807, 2.05) is 41.3 Å². The maximum Gasteiger partial charge on any atom is 0.259 e. The predicted octanol–water partition coefficient (Wildman–Crippen LogP) is 5.37. The van der Waals surface area contributed by atoms with Crippen LogP contribution in [0.25, 0.3) is 0 Å². The number of hydrogen-bond donors (Lipinski definition) is 0. The van der Waals surface area contributed by atoms with Crippen LogP contribution in [0.4, 0.5) is 0 Å². The molecule has 1 amide bonds. The van der Waals surface area contributed by atoms with Crippen molar-refractivity contribution in [2.24, 2.45) is 0 Å². The second-order valence-corrected chi connectivity index (χ2v) is 10.0. The van der Waals surface area contributed by atoms with Gasteiger partial charge in [0, 0.05) is 17.7 Å². The minimum absolute atomic E-state index is 0.0432. The van der Waals surface area contributed by atoms with E-state index in [0.29, 0.717) is 13.2 Å². The zero-order valence-corrected chi connectivity index (χ0v) is 20.6. The van der Waals surface area contributed by atoms with Gasteiger partial charge in [-0.1, -0.05) is 48.6 Å². The lowest BCUT2D eigenvalue weighted by molar-refractivity contribution is 0.0733. The van der Waals surface area contributed by atoms with Crippen LogP contribution in [0.3, 0.4) is 0 Å². The van der Waals surface area contributed by atoms with Crippen molar-refractivity contribution in [3.63, 3.8) is 0 Å². The van der Waals surface area contributed by atoms with E-state index in [4.69, 9.17) is 18.9 Å². The molecule has 2 saturated heterocycles. The fraction of sp³-hybridized carbons (Fsp3) is 0.323. The molecule has 7 rings (SSSR count). The molecular weight excluding hydrogens is 466 g/mol. The van der Waals surface area contributed by atoms with Gasteiger partial charge in [0.05, 0.1) is 12.4 Å². The molecule has 6 nitrogen and oxygen atoms in total. The minimum atomic E-state index is -0.749. The van der Waals surface area contributed by atoms with Gasteiger partial charge in [0.2, 0.25) is 6.29 Å². The number of epoxide rings is 2. The summed E-state index contributed by atoms with van der Waals surface area (Å²) in [5.41, 5.74) is 4.28. The molecule has 3 aliphatic heterocycles. The van der Waals surface area contributed by atoms with E-state index in [9.17, 15) is 4.79 Å². The van der Waals surface area contributed by atoms with Crippen molar-refractivity contribution in [1.82, 2.24) is 4.90 Å². The third-order valence-electron chi connectivity index (χ3n) is 7.64. The topological polar surface area (TPSA) is 63.8 Å². The summed E-state index contributed by atoms with van der Waals surface area (Å²) in [7, 11) is 0. The van der Waals surface area contributed by atoms with E-state index in [0.717, 1.165) is 66.2 Å². The summed E-state index contributed by atoms with van der Waals surface area (Å²) in [6, 6.07) is 16.3. The van der Waals surface area contributed by atoms with Gasteiger partial charge in [-0.05, 0) is 66.3 Å². The molecule has 188 valence electrons. The van der Waals surface area contributed by atoms with Gasteiger partial charge in [0.25, 0.3) is 5.91 Å². The number of hydrogen-bond acceptors (Lipinski definition) is 5. The van der Waals surface area contributed by atoms with Crippen LogP contribution >= 0.6 is 0 Å². The van der Waals surface area contributed by atoms with Gasteiger partial charge in [0.15, 0.2) is 0 Å². The lowest BCUT2D eigenvalue weighted by Gasteiger charge is -2.44. The van der Waals surface area contributed by atoms with Crippen LogP contribution in [0.5, 0.6) is 5.75 Å². The molecule has 6 heteroatoms. The highest BCUT2D eigenvalue weighted by Crippen LogP contribution is 2.54. The molecule has 0 radical (unpaired) electrons. The zero-order chi connectivity index (χ0) is 24.8. The number of ether oxygens (including phenoxy) is 4. The Morgan fingerprint density at radius 1 is 0.946 bits per heavy atom. The van der Waals surface area contributed by atoms with Gasteiger partial charge < -0.3 is 18.9 Å². The Morgan fingerprint density at radius 3 is 2.49 bits per heavy atom. The number of fused-ring (bicyclic) bond motifs is 1. The molecule has 0 saturated carbocycles. The SMILES string of the molecule is O=C1c2ccccc2C(C2=CC=C(OC3CO3)CC2)(c2ccc(OCC3CO3)cc2)N1C1=CC=CCC1. The van der Waals surface area contributed by atoms with Crippen LogP contribution in [-0.4, -0.2) is 43.0 Å². The largest absolute Gasteiger partial charge is 0.491 e. The molecule has 2 fully saturated rings. The molecule has 0 aromatic heterocycles. The number of benzene rings is 2. The lowest BCUT2D eigenvalue weighted by Crippen LogP contribution is -2.46. The summed E-state index contributed by atoms with van der Waals surface area (Å²) in [6.45, 7) is 1.97. The first-order valence-corrected chi connectivity index (χ1v) is 13.1. The molecule has 0 bridgehead atoms. The summed E-state index contributed by atoms with van der Waals surface area (Å²) in [4.78, 5) is 16.2. The Balaban J connectivity index is 1.38. The van der Waals surface area contributed by atoms with E-state index >= 15 is 0 Å². The van der Waals surface area contributed by atoms with Crippen molar-refractivity contribution in [3.05, 3.63) is 113 Å². The van der Waals surface area contributed by atoms with Gasteiger partial charge in [-0.15, -0.1) is 0 Å². The predicted molar refractivity (Wildman–Crippen MR) is 138 cm³/mol. The van der Waals surface area contributed by atoms with Gasteiger partial charge >= 0.3 is 0 Å². The van der Waals surface area contributed by atoms with E-state index < -0.39 is 5.54 Å². The molecule has 2 aromatic rings. The molecule has 3 unspecified atom stereocenters. The molecule has 37 heavy (non-hydrogen) atoms. The molecule has 3 heterocycles. The van der Waals surface area contributed by atoms with Gasteiger partial charge in [0.1, 0.15) is 30.6 Å². The van der Waals surface area contributed by atoms with Gasteiger partial charge in [-0.3, -0.25) is 9.69 Å². The molecule has 3 atom stereocenters. The van der Waals surface area contributed by atoms with Crippen LogP contribution in [-0.2, 0) is 19.7 Å². The van der Waals surface area contributed by atoms with E-state index in [1.165, 1.54) is 5.57 Å². The number of carbonyl (C=O) groups is 1. The van der Waals surface area contributed by atoms with Crippen molar-refractivity contribution in [3.8, 4) is 5.75 Å². The fourth-order valence-electron chi connectivity index (χ4n) is 5.73. The second-order valence-electron chi connectivity index (χ2n) is 10.0.